The van der Waals surface area contributed by atoms with Crippen LogP contribution < -0.4 is 27.3 Å². The average Bonchev–Trinajstić information content (AvgIpc) is 3.64. The van der Waals surface area contributed by atoms with Crippen LogP contribution in [0.25, 0.3) is 99.5 Å². The van der Waals surface area contributed by atoms with Crippen molar-refractivity contribution in [3.8, 4) is 45.3 Å². The van der Waals surface area contributed by atoms with Crippen LogP contribution in [0.15, 0.2) is 138 Å². The zero-order valence-electron chi connectivity index (χ0n) is 31.0. The lowest BCUT2D eigenvalue weighted by molar-refractivity contribution is 0.675. The smallest absolute Gasteiger partial charge is 0.164 e. The molecule has 8 aromatic carbocycles. The third kappa shape index (κ3) is 4.88. The fraction of sp³-hybridized carbons (Fsp3) is 0. The van der Waals surface area contributed by atoms with E-state index in [4.69, 9.17) is 19.4 Å². The maximum absolute atomic E-state index is 6.94. The Morgan fingerprint density at radius 1 is 0.370 bits per heavy atom. The second-order valence-electron chi connectivity index (χ2n) is 14.5. The van der Waals surface area contributed by atoms with Gasteiger partial charge in [-0.3, -0.25) is 0 Å². The van der Waals surface area contributed by atoms with Gasteiger partial charge in [0.25, 0.3) is 0 Å². The predicted octanol–water partition coefficient (Wildman–Crippen LogP) is 3.19. The van der Waals surface area contributed by atoms with Crippen LogP contribution >= 0.6 is 0 Å². The Balaban J connectivity index is 1.28. The number of benzene rings is 8. The van der Waals surface area contributed by atoms with Gasteiger partial charge in [-0.25, -0.2) is 15.0 Å². The van der Waals surface area contributed by atoms with Gasteiger partial charge in [0.05, 0.1) is 0 Å². The van der Waals surface area contributed by atoms with Crippen molar-refractivity contribution in [3.05, 3.63) is 133 Å². The first-order chi connectivity index (χ1) is 26.4. The summed E-state index contributed by atoms with van der Waals surface area (Å²) in [5.41, 5.74) is 12.8. The normalized spacial score (nSPS) is 11.7. The summed E-state index contributed by atoms with van der Waals surface area (Å²) in [5, 5.41) is 9.76. The van der Waals surface area contributed by atoms with Crippen LogP contribution in [0, 0.1) is 0 Å². The Morgan fingerprint density at radius 2 is 0.852 bits per heavy atom. The Kier molecular flexibility index (Phi) is 7.42. The van der Waals surface area contributed by atoms with E-state index in [0.717, 1.165) is 55.0 Å². The average molecular weight is 685 g/mol. The second kappa shape index (κ2) is 12.4. The molecule has 248 valence electrons. The van der Waals surface area contributed by atoms with Gasteiger partial charge < -0.3 is 4.42 Å². The van der Waals surface area contributed by atoms with E-state index in [2.05, 4.69) is 136 Å². The number of nitrogens with zero attached hydrogens (tertiary/aromatic N) is 3. The molecule has 0 aliphatic heterocycles. The summed E-state index contributed by atoms with van der Waals surface area (Å²) >= 11 is 0. The highest BCUT2D eigenvalue weighted by atomic mass is 16.3. The lowest BCUT2D eigenvalue weighted by Crippen LogP contribution is -2.34. The van der Waals surface area contributed by atoms with Crippen molar-refractivity contribution in [2.75, 3.05) is 0 Å². The van der Waals surface area contributed by atoms with Crippen LogP contribution in [-0.2, 0) is 0 Å². The molecule has 0 atom stereocenters. The minimum Gasteiger partial charge on any atom is -0.457 e. The van der Waals surface area contributed by atoms with E-state index in [1.165, 1.54) is 54.4 Å². The van der Waals surface area contributed by atoms with Crippen LogP contribution in [0.5, 0.6) is 0 Å². The van der Waals surface area contributed by atoms with Crippen LogP contribution in [0.1, 0.15) is 0 Å². The monoisotopic (exact) mass is 685 g/mol. The van der Waals surface area contributed by atoms with Crippen molar-refractivity contribution in [1.29, 1.82) is 0 Å². The van der Waals surface area contributed by atoms with Gasteiger partial charge in [0.1, 0.15) is 50.4 Å². The Hall–Kier alpha value is -6.33. The number of hydrogen-bond donors (Lipinski definition) is 0. The lowest BCUT2D eigenvalue weighted by atomic mass is 9.69. The first kappa shape index (κ1) is 32.3. The van der Waals surface area contributed by atoms with E-state index >= 15 is 0 Å². The predicted molar refractivity (Wildman–Crippen MR) is 242 cm³/mol. The molecule has 0 spiro atoms. The highest BCUT2D eigenvalue weighted by molar-refractivity contribution is 6.61. The number of rotatable bonds is 4. The van der Waals surface area contributed by atoms with Crippen molar-refractivity contribution >= 4 is 121 Å². The van der Waals surface area contributed by atoms with Gasteiger partial charge in [0.2, 0.25) is 0 Å². The van der Waals surface area contributed by atoms with Crippen molar-refractivity contribution in [2.24, 2.45) is 0 Å². The molecule has 9 heteroatoms. The number of furan rings is 1. The number of aromatic nitrogens is 3. The van der Waals surface area contributed by atoms with Gasteiger partial charge >= 0.3 is 0 Å². The third-order valence-corrected chi connectivity index (χ3v) is 11.5. The standard InChI is InChI=1S/C45H32B5N3O/c46-33-22-32(45-52-43(23-11-3-1-4-12-23)51-44(53-45)24-13-5-2-6-14-24)35-36-38(48)34(39(49)40(50)42(36)54-41(35)37(33)47)25-19-20-30-28-17-8-7-15-26(28)27-16-9-10-18-29(27)31(30)21-25/h1-22H,46-50H2. The summed E-state index contributed by atoms with van der Waals surface area (Å²) in [6, 6.07) is 47.1. The minimum absolute atomic E-state index is 0.627. The molecule has 0 aliphatic rings. The summed E-state index contributed by atoms with van der Waals surface area (Å²) in [4.78, 5) is 15.3. The molecule has 4 nitrogen and oxygen atoms in total. The summed E-state index contributed by atoms with van der Waals surface area (Å²) < 4.78 is 6.94. The molecular formula is C45H32B5N3O. The molecule has 0 saturated heterocycles. The molecule has 0 unspecified atom stereocenters. The molecule has 0 bridgehead atoms. The summed E-state index contributed by atoms with van der Waals surface area (Å²) in [5.74, 6) is 1.90. The second-order valence-corrected chi connectivity index (χ2v) is 14.5. The fourth-order valence-corrected chi connectivity index (χ4v) is 8.52. The highest BCUT2D eigenvalue weighted by Gasteiger charge is 2.25. The van der Waals surface area contributed by atoms with Gasteiger partial charge in [-0.2, -0.15) is 0 Å². The molecular weight excluding hydrogens is 653 g/mol. The number of hydrogen-bond acceptors (Lipinski definition) is 4. The maximum Gasteiger partial charge on any atom is 0.164 e. The summed E-state index contributed by atoms with van der Waals surface area (Å²) in [6.07, 6.45) is 0. The van der Waals surface area contributed by atoms with Crippen LogP contribution in [-0.4, -0.2) is 54.2 Å². The summed E-state index contributed by atoms with van der Waals surface area (Å²) in [7, 11) is 11.0. The quantitative estimate of drug-likeness (QED) is 0.211. The van der Waals surface area contributed by atoms with E-state index in [0.29, 0.717) is 17.5 Å². The molecule has 54 heavy (non-hydrogen) atoms. The Labute approximate surface area is 317 Å². The molecule has 0 N–H and O–H groups in total. The van der Waals surface area contributed by atoms with Crippen molar-refractivity contribution in [1.82, 2.24) is 15.0 Å². The van der Waals surface area contributed by atoms with E-state index in [1.54, 1.807) is 0 Å². The van der Waals surface area contributed by atoms with Crippen LogP contribution in [0.3, 0.4) is 0 Å². The Morgan fingerprint density at radius 3 is 1.43 bits per heavy atom. The van der Waals surface area contributed by atoms with Gasteiger partial charge in [0, 0.05) is 27.5 Å². The molecule has 10 aromatic rings. The SMILES string of the molecule is Bc1cc(-c2nc(-c3ccccc3)nc(-c3ccccc3)n2)c2c(oc3c(B)c(B)c(-c4ccc5c6ccccc6c6ccccc6c5c4)c(B)c32)c1B. The van der Waals surface area contributed by atoms with E-state index in [1.807, 2.05) is 36.4 Å². The molecule has 2 heterocycles. The van der Waals surface area contributed by atoms with E-state index in [9.17, 15) is 0 Å². The largest absolute Gasteiger partial charge is 0.457 e. The zero-order chi connectivity index (χ0) is 36.7. The van der Waals surface area contributed by atoms with E-state index in [-0.39, 0.29) is 0 Å². The Bertz CT molecular complexity index is 3070. The molecule has 0 radical (unpaired) electrons. The first-order valence-corrected chi connectivity index (χ1v) is 18.5. The zero-order valence-corrected chi connectivity index (χ0v) is 31.0. The van der Waals surface area contributed by atoms with Gasteiger partial charge in [-0.15, -0.1) is 0 Å². The summed E-state index contributed by atoms with van der Waals surface area (Å²) in [6.45, 7) is 0. The molecule has 0 aliphatic carbocycles. The van der Waals surface area contributed by atoms with Gasteiger partial charge in [0.15, 0.2) is 17.5 Å². The molecule has 0 fully saturated rings. The van der Waals surface area contributed by atoms with E-state index < -0.39 is 0 Å². The molecule has 0 amide bonds. The fourth-order valence-electron chi connectivity index (χ4n) is 8.52. The molecule has 2 aromatic heterocycles. The maximum atomic E-state index is 6.94. The lowest BCUT2D eigenvalue weighted by Gasteiger charge is -2.18. The van der Waals surface area contributed by atoms with Gasteiger partial charge in [-0.05, 0) is 49.5 Å². The molecule has 10 rings (SSSR count). The first-order valence-electron chi connectivity index (χ1n) is 18.5. The minimum atomic E-state index is 0.627. The molecule has 0 saturated carbocycles. The topological polar surface area (TPSA) is 51.8 Å². The van der Waals surface area contributed by atoms with Crippen molar-refractivity contribution < 1.29 is 4.42 Å². The van der Waals surface area contributed by atoms with Gasteiger partial charge in [-0.1, -0.05) is 155 Å². The van der Waals surface area contributed by atoms with Crippen molar-refractivity contribution in [2.45, 2.75) is 0 Å². The van der Waals surface area contributed by atoms with Crippen LogP contribution in [0.2, 0.25) is 0 Å². The van der Waals surface area contributed by atoms with Crippen LogP contribution in [0.4, 0.5) is 0 Å². The number of fused-ring (bicyclic) bond motifs is 9. The highest BCUT2D eigenvalue weighted by Crippen LogP contribution is 2.38. The third-order valence-electron chi connectivity index (χ3n) is 11.5. The van der Waals surface area contributed by atoms with Crippen molar-refractivity contribution in [3.63, 3.8) is 0 Å².